The minimum atomic E-state index is -0.0407. The molecule has 0 unspecified atom stereocenters. The Hall–Kier alpha value is -1.25. The third-order valence-corrected chi connectivity index (χ3v) is 3.10. The predicted molar refractivity (Wildman–Crippen MR) is 71.0 cm³/mol. The van der Waals surface area contributed by atoms with E-state index in [1.165, 1.54) is 0 Å². The van der Waals surface area contributed by atoms with Crippen molar-refractivity contribution in [2.75, 3.05) is 0 Å². The van der Waals surface area contributed by atoms with Crippen LogP contribution < -0.4 is 5.56 Å². The first-order valence-corrected chi connectivity index (χ1v) is 5.93. The molecule has 1 aromatic heterocycles. The third kappa shape index (κ3) is 2.90. The van der Waals surface area contributed by atoms with E-state index in [0.29, 0.717) is 16.6 Å². The first-order chi connectivity index (χ1) is 8.06. The van der Waals surface area contributed by atoms with Crippen molar-refractivity contribution in [2.24, 2.45) is 0 Å². The molecule has 0 saturated heterocycles. The van der Waals surface area contributed by atoms with Crippen LogP contribution in [0.25, 0.3) is 0 Å². The van der Waals surface area contributed by atoms with Crippen LogP contribution in [-0.2, 0) is 6.54 Å². The van der Waals surface area contributed by atoms with Crippen molar-refractivity contribution in [1.82, 2.24) is 4.57 Å². The fourth-order valence-electron chi connectivity index (χ4n) is 1.59. The minimum Gasteiger partial charge on any atom is -0.311 e. The SMILES string of the molecule is Cc1ccn(Cc2cc(Cl)ccc2Cl)c(=O)c1. The summed E-state index contributed by atoms with van der Waals surface area (Å²) in [5.74, 6) is 0. The number of benzene rings is 1. The molecule has 0 spiro atoms. The van der Waals surface area contributed by atoms with E-state index in [-0.39, 0.29) is 5.56 Å². The van der Waals surface area contributed by atoms with Gasteiger partial charge in [-0.05, 0) is 42.3 Å². The molecule has 0 aliphatic heterocycles. The number of hydrogen-bond acceptors (Lipinski definition) is 1. The lowest BCUT2D eigenvalue weighted by molar-refractivity contribution is 0.757. The third-order valence-electron chi connectivity index (χ3n) is 2.50. The molecule has 0 aliphatic carbocycles. The zero-order chi connectivity index (χ0) is 12.4. The molecule has 0 N–H and O–H groups in total. The maximum Gasteiger partial charge on any atom is 0.251 e. The molecular weight excluding hydrogens is 257 g/mol. The second-order valence-corrected chi connectivity index (χ2v) is 4.75. The molecule has 2 aromatic rings. The Labute approximate surface area is 109 Å². The number of nitrogens with zero attached hydrogens (tertiary/aromatic N) is 1. The quantitative estimate of drug-likeness (QED) is 0.816. The summed E-state index contributed by atoms with van der Waals surface area (Å²) in [4.78, 5) is 11.7. The Kier molecular flexibility index (Phi) is 3.55. The second-order valence-electron chi connectivity index (χ2n) is 3.91. The van der Waals surface area contributed by atoms with Gasteiger partial charge in [-0.2, -0.15) is 0 Å². The van der Waals surface area contributed by atoms with E-state index in [2.05, 4.69) is 0 Å². The summed E-state index contributed by atoms with van der Waals surface area (Å²) in [6.45, 7) is 2.32. The number of pyridine rings is 1. The Morgan fingerprint density at radius 2 is 1.94 bits per heavy atom. The summed E-state index contributed by atoms with van der Waals surface area (Å²) in [5.41, 5.74) is 1.75. The summed E-state index contributed by atoms with van der Waals surface area (Å²) >= 11 is 12.0. The molecule has 2 rings (SSSR count). The summed E-state index contributed by atoms with van der Waals surface area (Å²) in [7, 11) is 0. The lowest BCUT2D eigenvalue weighted by atomic mass is 10.2. The van der Waals surface area contributed by atoms with Gasteiger partial charge in [0.1, 0.15) is 0 Å². The second kappa shape index (κ2) is 4.94. The molecule has 4 heteroatoms. The van der Waals surface area contributed by atoms with Crippen molar-refractivity contribution in [3.8, 4) is 0 Å². The van der Waals surface area contributed by atoms with Crippen LogP contribution in [-0.4, -0.2) is 4.57 Å². The number of halogens is 2. The van der Waals surface area contributed by atoms with E-state index < -0.39 is 0 Å². The monoisotopic (exact) mass is 267 g/mol. The molecule has 88 valence electrons. The van der Waals surface area contributed by atoms with Crippen molar-refractivity contribution in [3.05, 3.63) is 68.1 Å². The van der Waals surface area contributed by atoms with Gasteiger partial charge in [0.05, 0.1) is 6.54 Å². The van der Waals surface area contributed by atoms with Crippen LogP contribution in [0.15, 0.2) is 41.3 Å². The van der Waals surface area contributed by atoms with Gasteiger partial charge in [0.25, 0.3) is 5.56 Å². The van der Waals surface area contributed by atoms with Gasteiger partial charge in [-0.3, -0.25) is 4.79 Å². The molecule has 0 aliphatic rings. The predicted octanol–water partition coefficient (Wildman–Crippen LogP) is 3.51. The molecule has 0 saturated carbocycles. The van der Waals surface area contributed by atoms with Crippen LogP contribution in [0, 0.1) is 6.92 Å². The highest BCUT2D eigenvalue weighted by Crippen LogP contribution is 2.21. The highest BCUT2D eigenvalue weighted by Gasteiger charge is 2.03. The van der Waals surface area contributed by atoms with Gasteiger partial charge in [-0.15, -0.1) is 0 Å². The van der Waals surface area contributed by atoms with Crippen LogP contribution in [0.4, 0.5) is 0 Å². The first kappa shape index (κ1) is 12.2. The van der Waals surface area contributed by atoms with E-state index >= 15 is 0 Å². The standard InChI is InChI=1S/C13H11Cl2NO/c1-9-4-5-16(13(17)6-9)8-10-7-11(14)2-3-12(10)15/h2-7H,8H2,1H3. The minimum absolute atomic E-state index is 0.0407. The number of aryl methyl sites for hydroxylation is 1. The molecule has 0 fully saturated rings. The van der Waals surface area contributed by atoms with E-state index in [1.54, 1.807) is 35.0 Å². The highest BCUT2D eigenvalue weighted by atomic mass is 35.5. The number of rotatable bonds is 2. The van der Waals surface area contributed by atoms with E-state index in [1.807, 2.05) is 13.0 Å². The van der Waals surface area contributed by atoms with Gasteiger partial charge in [0.2, 0.25) is 0 Å². The van der Waals surface area contributed by atoms with Crippen molar-refractivity contribution in [3.63, 3.8) is 0 Å². The lowest BCUT2D eigenvalue weighted by Gasteiger charge is -2.08. The molecule has 0 amide bonds. The summed E-state index contributed by atoms with van der Waals surface area (Å²) in [6, 6.07) is 8.72. The maximum atomic E-state index is 11.7. The van der Waals surface area contributed by atoms with Crippen LogP contribution in [0.2, 0.25) is 10.0 Å². The number of hydrogen-bond donors (Lipinski definition) is 0. The smallest absolute Gasteiger partial charge is 0.251 e. The van der Waals surface area contributed by atoms with E-state index in [4.69, 9.17) is 23.2 Å². The normalized spacial score (nSPS) is 10.5. The van der Waals surface area contributed by atoms with Gasteiger partial charge in [-0.25, -0.2) is 0 Å². The number of aromatic nitrogens is 1. The fraction of sp³-hybridized carbons (Fsp3) is 0.154. The zero-order valence-corrected chi connectivity index (χ0v) is 10.8. The van der Waals surface area contributed by atoms with Crippen molar-refractivity contribution in [2.45, 2.75) is 13.5 Å². The van der Waals surface area contributed by atoms with E-state index in [9.17, 15) is 4.79 Å². The van der Waals surface area contributed by atoms with E-state index in [0.717, 1.165) is 11.1 Å². The van der Waals surface area contributed by atoms with Gasteiger partial charge >= 0.3 is 0 Å². The van der Waals surface area contributed by atoms with Gasteiger partial charge in [-0.1, -0.05) is 23.2 Å². The van der Waals surface area contributed by atoms with Gasteiger partial charge in [0.15, 0.2) is 0 Å². The Morgan fingerprint density at radius 1 is 1.18 bits per heavy atom. The van der Waals surface area contributed by atoms with Crippen LogP contribution >= 0.6 is 23.2 Å². The highest BCUT2D eigenvalue weighted by molar-refractivity contribution is 6.33. The van der Waals surface area contributed by atoms with Crippen molar-refractivity contribution >= 4 is 23.2 Å². The molecule has 1 heterocycles. The Morgan fingerprint density at radius 3 is 2.65 bits per heavy atom. The molecular formula is C13H11Cl2NO. The van der Waals surface area contributed by atoms with Crippen molar-refractivity contribution in [1.29, 1.82) is 0 Å². The summed E-state index contributed by atoms with van der Waals surface area (Å²) in [6.07, 6.45) is 1.76. The average Bonchev–Trinajstić information content (AvgIpc) is 2.27. The van der Waals surface area contributed by atoms with Crippen LogP contribution in [0.5, 0.6) is 0 Å². The molecule has 2 nitrogen and oxygen atoms in total. The van der Waals surface area contributed by atoms with Crippen LogP contribution in [0.1, 0.15) is 11.1 Å². The topological polar surface area (TPSA) is 22.0 Å². The van der Waals surface area contributed by atoms with Crippen LogP contribution in [0.3, 0.4) is 0 Å². The maximum absolute atomic E-state index is 11.7. The zero-order valence-electron chi connectivity index (χ0n) is 9.28. The molecule has 1 aromatic carbocycles. The fourth-order valence-corrected chi connectivity index (χ4v) is 1.96. The molecule has 0 radical (unpaired) electrons. The molecule has 17 heavy (non-hydrogen) atoms. The van der Waals surface area contributed by atoms with Gasteiger partial charge in [0, 0.05) is 22.3 Å². The molecule has 0 atom stereocenters. The Balaban J connectivity index is 2.38. The van der Waals surface area contributed by atoms with Gasteiger partial charge < -0.3 is 4.57 Å². The average molecular weight is 268 g/mol. The first-order valence-electron chi connectivity index (χ1n) is 5.17. The lowest BCUT2D eigenvalue weighted by Crippen LogP contribution is -2.19. The van der Waals surface area contributed by atoms with Crippen molar-refractivity contribution < 1.29 is 0 Å². The summed E-state index contributed by atoms with van der Waals surface area (Å²) < 4.78 is 1.60. The summed E-state index contributed by atoms with van der Waals surface area (Å²) in [5, 5.41) is 1.23. The Bertz CT molecular complexity index is 605. The molecule has 0 bridgehead atoms. The largest absolute Gasteiger partial charge is 0.311 e.